The van der Waals surface area contributed by atoms with Crippen LogP contribution in [0.1, 0.15) is 33.6 Å². The Hall–Kier alpha value is -1.43. The van der Waals surface area contributed by atoms with Crippen molar-refractivity contribution >= 4 is 5.97 Å². The molecule has 0 saturated carbocycles. The van der Waals surface area contributed by atoms with Crippen molar-refractivity contribution in [3.05, 3.63) is 36.5 Å². The van der Waals surface area contributed by atoms with E-state index in [1.165, 1.54) is 32.3 Å². The summed E-state index contributed by atoms with van der Waals surface area (Å²) in [5.41, 5.74) is -0.794. The van der Waals surface area contributed by atoms with E-state index in [-0.39, 0.29) is 12.0 Å². The van der Waals surface area contributed by atoms with Crippen LogP contribution in [0.25, 0.3) is 0 Å². The van der Waals surface area contributed by atoms with E-state index in [1.807, 2.05) is 13.8 Å². The predicted octanol–water partition coefficient (Wildman–Crippen LogP) is 2.14. The van der Waals surface area contributed by atoms with E-state index in [4.69, 9.17) is 9.47 Å². The SMILES string of the molecule is C=C1C(O)CC[C@@H](C)[C@@H](C)OC(=O)/C=C/[C@](C)(O)/C=C/[C@@H]1OC. The zero-order valence-electron chi connectivity index (χ0n) is 14.4. The number of aliphatic hydroxyl groups excluding tert-OH is 1. The van der Waals surface area contributed by atoms with Crippen molar-refractivity contribution in [1.82, 2.24) is 0 Å². The van der Waals surface area contributed by atoms with E-state index in [1.54, 1.807) is 6.08 Å². The number of rotatable bonds is 1. The van der Waals surface area contributed by atoms with Gasteiger partial charge in [0, 0.05) is 13.2 Å². The van der Waals surface area contributed by atoms with Crippen LogP contribution >= 0.6 is 0 Å². The van der Waals surface area contributed by atoms with Gasteiger partial charge in [0.2, 0.25) is 0 Å². The number of aliphatic hydroxyl groups is 2. The fourth-order valence-electron chi connectivity index (χ4n) is 2.30. The normalized spacial score (nSPS) is 40.1. The van der Waals surface area contributed by atoms with Gasteiger partial charge < -0.3 is 19.7 Å². The number of esters is 1. The summed E-state index contributed by atoms with van der Waals surface area (Å²) in [5.74, 6) is -0.405. The van der Waals surface area contributed by atoms with Crippen molar-refractivity contribution in [3.63, 3.8) is 0 Å². The van der Waals surface area contributed by atoms with Gasteiger partial charge in [0.05, 0.1) is 17.8 Å². The third-order valence-corrected chi connectivity index (χ3v) is 4.21. The summed E-state index contributed by atoms with van der Waals surface area (Å²) in [6, 6.07) is 0. The van der Waals surface area contributed by atoms with E-state index in [0.29, 0.717) is 18.4 Å². The lowest BCUT2D eigenvalue weighted by Gasteiger charge is -2.25. The van der Waals surface area contributed by atoms with E-state index in [0.717, 1.165) is 0 Å². The van der Waals surface area contributed by atoms with Crippen LogP contribution in [0.4, 0.5) is 0 Å². The van der Waals surface area contributed by atoms with Gasteiger partial charge in [0.25, 0.3) is 0 Å². The summed E-state index contributed by atoms with van der Waals surface area (Å²) in [4.78, 5) is 11.8. The van der Waals surface area contributed by atoms with Gasteiger partial charge in [-0.15, -0.1) is 0 Å². The zero-order valence-corrected chi connectivity index (χ0v) is 14.4. The summed E-state index contributed by atoms with van der Waals surface area (Å²) < 4.78 is 10.6. The quantitative estimate of drug-likeness (QED) is 0.571. The molecule has 0 spiro atoms. The van der Waals surface area contributed by atoms with Crippen molar-refractivity contribution in [2.75, 3.05) is 7.11 Å². The highest BCUT2D eigenvalue weighted by atomic mass is 16.5. The number of hydrogen-bond donors (Lipinski definition) is 2. The first-order valence-corrected chi connectivity index (χ1v) is 7.87. The molecule has 0 radical (unpaired) electrons. The molecule has 1 aliphatic rings. The molecule has 130 valence electrons. The smallest absolute Gasteiger partial charge is 0.330 e. The molecule has 5 heteroatoms. The molecular formula is C18H28O5. The molecule has 0 amide bonds. The highest BCUT2D eigenvalue weighted by Gasteiger charge is 2.23. The Labute approximate surface area is 138 Å². The molecule has 5 atom stereocenters. The van der Waals surface area contributed by atoms with Gasteiger partial charge in [-0.05, 0) is 44.3 Å². The molecule has 23 heavy (non-hydrogen) atoms. The largest absolute Gasteiger partial charge is 0.459 e. The molecule has 0 saturated heterocycles. The maximum Gasteiger partial charge on any atom is 0.330 e. The van der Waals surface area contributed by atoms with E-state index < -0.39 is 23.8 Å². The van der Waals surface area contributed by atoms with Crippen molar-refractivity contribution in [2.24, 2.45) is 5.92 Å². The van der Waals surface area contributed by atoms with E-state index >= 15 is 0 Å². The summed E-state index contributed by atoms with van der Waals surface area (Å²) in [5, 5.41) is 20.5. The van der Waals surface area contributed by atoms with Crippen LogP contribution in [0.3, 0.4) is 0 Å². The molecular weight excluding hydrogens is 296 g/mol. The Morgan fingerprint density at radius 1 is 1.35 bits per heavy atom. The molecule has 0 aromatic carbocycles. The third-order valence-electron chi connectivity index (χ3n) is 4.21. The molecule has 0 fully saturated rings. The first-order chi connectivity index (χ1) is 10.7. The van der Waals surface area contributed by atoms with Gasteiger partial charge in [0.15, 0.2) is 0 Å². The second-order valence-electron chi connectivity index (χ2n) is 6.36. The zero-order chi connectivity index (χ0) is 17.6. The minimum Gasteiger partial charge on any atom is -0.459 e. The average Bonchev–Trinajstić information content (AvgIpc) is 2.49. The summed E-state index contributed by atoms with van der Waals surface area (Å²) >= 11 is 0. The topological polar surface area (TPSA) is 76.0 Å². The Kier molecular flexibility index (Phi) is 7.19. The number of cyclic esters (lactones) is 1. The predicted molar refractivity (Wildman–Crippen MR) is 88.8 cm³/mol. The van der Waals surface area contributed by atoms with Gasteiger partial charge in [0.1, 0.15) is 6.10 Å². The number of carbonyl (C=O) groups is 1. The highest BCUT2D eigenvalue weighted by Crippen LogP contribution is 2.22. The van der Waals surface area contributed by atoms with Crippen LogP contribution in [0.2, 0.25) is 0 Å². The fourth-order valence-corrected chi connectivity index (χ4v) is 2.30. The molecule has 0 aliphatic carbocycles. The Bertz CT molecular complexity index is 478. The monoisotopic (exact) mass is 324 g/mol. The van der Waals surface area contributed by atoms with Crippen molar-refractivity contribution in [3.8, 4) is 0 Å². The van der Waals surface area contributed by atoms with Gasteiger partial charge in [-0.25, -0.2) is 4.79 Å². The van der Waals surface area contributed by atoms with Gasteiger partial charge in [-0.3, -0.25) is 0 Å². The average molecular weight is 324 g/mol. The van der Waals surface area contributed by atoms with Crippen molar-refractivity contribution in [1.29, 1.82) is 0 Å². The molecule has 1 rings (SSSR count). The lowest BCUT2D eigenvalue weighted by atomic mass is 9.93. The summed E-state index contributed by atoms with van der Waals surface area (Å²) in [6.07, 6.45) is 5.39. The maximum atomic E-state index is 11.8. The Morgan fingerprint density at radius 2 is 2.00 bits per heavy atom. The van der Waals surface area contributed by atoms with Crippen LogP contribution in [0, 0.1) is 5.92 Å². The molecule has 1 unspecified atom stereocenters. The summed E-state index contributed by atoms with van der Waals surface area (Å²) in [7, 11) is 1.52. The van der Waals surface area contributed by atoms with Crippen LogP contribution < -0.4 is 0 Å². The number of hydrogen-bond acceptors (Lipinski definition) is 5. The van der Waals surface area contributed by atoms with Crippen LogP contribution in [-0.4, -0.2) is 47.2 Å². The lowest BCUT2D eigenvalue weighted by molar-refractivity contribution is -0.144. The van der Waals surface area contributed by atoms with Crippen molar-refractivity contribution in [2.45, 2.75) is 57.5 Å². The molecule has 0 aromatic heterocycles. The molecule has 2 N–H and O–H groups in total. The Balaban J connectivity index is 3.06. The highest BCUT2D eigenvalue weighted by molar-refractivity contribution is 5.82. The van der Waals surface area contributed by atoms with Gasteiger partial charge >= 0.3 is 5.97 Å². The minimum absolute atomic E-state index is 0.0924. The molecule has 0 aromatic rings. The first-order valence-electron chi connectivity index (χ1n) is 7.87. The molecule has 1 aliphatic heterocycles. The van der Waals surface area contributed by atoms with E-state index in [2.05, 4.69) is 6.58 Å². The van der Waals surface area contributed by atoms with Gasteiger partial charge in [-0.1, -0.05) is 25.7 Å². The number of ether oxygens (including phenoxy) is 2. The van der Waals surface area contributed by atoms with Crippen LogP contribution in [-0.2, 0) is 14.3 Å². The van der Waals surface area contributed by atoms with E-state index in [9.17, 15) is 15.0 Å². The molecule has 1 heterocycles. The lowest BCUT2D eigenvalue weighted by Crippen LogP contribution is -2.27. The van der Waals surface area contributed by atoms with Crippen LogP contribution in [0.5, 0.6) is 0 Å². The number of methoxy groups -OCH3 is 1. The third kappa shape index (κ3) is 6.29. The first kappa shape index (κ1) is 19.6. The molecule has 5 nitrogen and oxygen atoms in total. The maximum absolute atomic E-state index is 11.8. The molecule has 0 bridgehead atoms. The van der Waals surface area contributed by atoms with Crippen LogP contribution in [0.15, 0.2) is 36.5 Å². The van der Waals surface area contributed by atoms with Crippen molar-refractivity contribution < 1.29 is 24.5 Å². The Morgan fingerprint density at radius 3 is 2.61 bits per heavy atom. The summed E-state index contributed by atoms with van der Waals surface area (Å²) in [6.45, 7) is 9.23. The second-order valence-corrected chi connectivity index (χ2v) is 6.36. The second kappa shape index (κ2) is 8.43. The minimum atomic E-state index is -1.33. The standard InChI is InChI=1S/C18H28O5/c1-12-6-7-15(19)13(2)16(22-5)8-10-18(4,21)11-9-17(20)23-14(12)3/h8-12,14-16,19,21H,2,6-7H2,1,3-5H3/b10-8+,11-9+/t12-,14-,15?,16+,18-/m1/s1. The fraction of sp³-hybridized carbons (Fsp3) is 0.611. The van der Waals surface area contributed by atoms with Gasteiger partial charge in [-0.2, -0.15) is 0 Å². The number of carbonyl (C=O) groups excluding carboxylic acids is 1.